The molecule has 0 aliphatic rings. The molecular weight excluding hydrogens is 192 g/mol. The normalized spacial score (nSPS) is 10.5. The van der Waals surface area contributed by atoms with Crippen molar-refractivity contribution in [2.24, 2.45) is 0 Å². The van der Waals surface area contributed by atoms with Gasteiger partial charge in [0.1, 0.15) is 0 Å². The highest BCUT2D eigenvalue weighted by molar-refractivity contribution is 5.34. The average molecular weight is 204 g/mol. The number of aromatic hydroxyl groups is 1. The quantitative estimate of drug-likeness (QED) is 0.803. The van der Waals surface area contributed by atoms with Crippen LogP contribution in [0.2, 0.25) is 0 Å². The number of imidazole rings is 1. The lowest BCUT2D eigenvalue weighted by atomic mass is 10.3. The molecule has 1 N–H and O–H groups in total. The lowest BCUT2D eigenvalue weighted by Crippen LogP contribution is -2.22. The van der Waals surface area contributed by atoms with Crippen LogP contribution in [0.25, 0.3) is 5.69 Å². The van der Waals surface area contributed by atoms with Crippen molar-refractivity contribution in [2.75, 3.05) is 0 Å². The van der Waals surface area contributed by atoms with Crippen molar-refractivity contribution in [3.8, 4) is 11.6 Å². The van der Waals surface area contributed by atoms with Crippen LogP contribution < -0.4 is 5.69 Å². The summed E-state index contributed by atoms with van der Waals surface area (Å²) in [5, 5.41) is 9.64. The third-order valence-electron chi connectivity index (χ3n) is 2.29. The predicted octanol–water partition coefficient (Wildman–Crippen LogP) is 1.36. The van der Waals surface area contributed by atoms with E-state index in [9.17, 15) is 9.90 Å². The number of hydrogen-bond donors (Lipinski definition) is 1. The second kappa shape index (κ2) is 3.65. The van der Waals surface area contributed by atoms with E-state index in [0.29, 0.717) is 12.2 Å². The molecule has 1 heterocycles. The first-order valence-electron chi connectivity index (χ1n) is 4.80. The van der Waals surface area contributed by atoms with Crippen molar-refractivity contribution in [2.45, 2.75) is 13.5 Å². The Morgan fingerprint density at radius 3 is 2.47 bits per heavy atom. The van der Waals surface area contributed by atoms with Crippen LogP contribution in [0.4, 0.5) is 0 Å². The molecule has 2 rings (SSSR count). The zero-order valence-electron chi connectivity index (χ0n) is 8.42. The molecule has 78 valence electrons. The molecule has 0 fully saturated rings. The van der Waals surface area contributed by atoms with E-state index < -0.39 is 0 Å². The largest absolute Gasteiger partial charge is 0.493 e. The third kappa shape index (κ3) is 1.54. The van der Waals surface area contributed by atoms with E-state index in [-0.39, 0.29) is 11.6 Å². The summed E-state index contributed by atoms with van der Waals surface area (Å²) in [6.07, 6.45) is 1.44. The zero-order chi connectivity index (χ0) is 10.8. The molecule has 0 aliphatic heterocycles. The van der Waals surface area contributed by atoms with E-state index in [1.807, 2.05) is 25.1 Å². The Kier molecular flexibility index (Phi) is 2.33. The van der Waals surface area contributed by atoms with Gasteiger partial charge in [-0.25, -0.2) is 9.36 Å². The van der Waals surface area contributed by atoms with Crippen molar-refractivity contribution in [3.63, 3.8) is 0 Å². The van der Waals surface area contributed by atoms with E-state index in [0.717, 1.165) is 0 Å². The van der Waals surface area contributed by atoms with E-state index in [4.69, 9.17) is 0 Å². The third-order valence-corrected chi connectivity index (χ3v) is 2.29. The van der Waals surface area contributed by atoms with Gasteiger partial charge in [0.05, 0.1) is 11.9 Å². The summed E-state index contributed by atoms with van der Waals surface area (Å²) < 4.78 is 2.74. The molecule has 4 nitrogen and oxygen atoms in total. The van der Waals surface area contributed by atoms with Crippen molar-refractivity contribution in [3.05, 3.63) is 47.0 Å². The molecule has 0 radical (unpaired) electrons. The van der Waals surface area contributed by atoms with E-state index in [1.54, 1.807) is 12.1 Å². The van der Waals surface area contributed by atoms with Crippen molar-refractivity contribution >= 4 is 0 Å². The molecule has 0 unspecified atom stereocenters. The van der Waals surface area contributed by atoms with Crippen LogP contribution in [0.3, 0.4) is 0 Å². The smallest absolute Gasteiger partial charge is 0.335 e. The fourth-order valence-corrected chi connectivity index (χ4v) is 1.53. The minimum absolute atomic E-state index is 0.0342. The van der Waals surface area contributed by atoms with Gasteiger partial charge in [0.2, 0.25) is 5.88 Å². The summed E-state index contributed by atoms with van der Waals surface area (Å²) >= 11 is 0. The van der Waals surface area contributed by atoms with Gasteiger partial charge in [-0.1, -0.05) is 18.2 Å². The van der Waals surface area contributed by atoms with Gasteiger partial charge in [0, 0.05) is 6.54 Å². The Labute approximate surface area is 87.0 Å². The Morgan fingerprint density at radius 2 is 1.93 bits per heavy atom. The molecule has 0 saturated heterocycles. The Bertz CT molecular complexity index is 511. The molecule has 1 aromatic heterocycles. The van der Waals surface area contributed by atoms with Crippen LogP contribution in [0, 0.1) is 0 Å². The predicted molar refractivity (Wildman–Crippen MR) is 57.4 cm³/mol. The van der Waals surface area contributed by atoms with Crippen LogP contribution in [0.5, 0.6) is 5.88 Å². The number of aryl methyl sites for hydroxylation is 1. The number of nitrogens with zero attached hydrogens (tertiary/aromatic N) is 2. The molecule has 0 aliphatic carbocycles. The number of para-hydroxylation sites is 1. The number of hydrogen-bond acceptors (Lipinski definition) is 2. The monoisotopic (exact) mass is 204 g/mol. The van der Waals surface area contributed by atoms with Crippen molar-refractivity contribution in [1.29, 1.82) is 0 Å². The highest BCUT2D eigenvalue weighted by Crippen LogP contribution is 2.13. The van der Waals surface area contributed by atoms with Gasteiger partial charge >= 0.3 is 5.69 Å². The Hall–Kier alpha value is -1.97. The average Bonchev–Trinajstić information content (AvgIpc) is 2.55. The van der Waals surface area contributed by atoms with Gasteiger partial charge in [0.25, 0.3) is 0 Å². The van der Waals surface area contributed by atoms with E-state index in [1.165, 1.54) is 15.3 Å². The fraction of sp³-hybridized carbons (Fsp3) is 0.182. The second-order valence-electron chi connectivity index (χ2n) is 3.23. The molecular formula is C11H12N2O2. The SMILES string of the molecule is CCn1cc(O)n(-c2ccccc2)c1=O. The van der Waals surface area contributed by atoms with Gasteiger partial charge in [-0.3, -0.25) is 4.57 Å². The zero-order valence-corrected chi connectivity index (χ0v) is 8.42. The number of benzene rings is 1. The minimum atomic E-state index is -0.221. The van der Waals surface area contributed by atoms with Crippen LogP contribution >= 0.6 is 0 Å². The maximum Gasteiger partial charge on any atom is 0.335 e. The van der Waals surface area contributed by atoms with Crippen LogP contribution in [-0.2, 0) is 6.54 Å². The van der Waals surface area contributed by atoms with Crippen LogP contribution in [0.1, 0.15) is 6.92 Å². The van der Waals surface area contributed by atoms with Gasteiger partial charge < -0.3 is 5.11 Å². The minimum Gasteiger partial charge on any atom is -0.493 e. The highest BCUT2D eigenvalue weighted by Gasteiger charge is 2.09. The van der Waals surface area contributed by atoms with Gasteiger partial charge in [-0.15, -0.1) is 0 Å². The molecule has 15 heavy (non-hydrogen) atoms. The molecule has 0 spiro atoms. The maximum absolute atomic E-state index is 11.8. The highest BCUT2D eigenvalue weighted by atomic mass is 16.3. The van der Waals surface area contributed by atoms with Gasteiger partial charge in [-0.05, 0) is 19.1 Å². The Morgan fingerprint density at radius 1 is 1.27 bits per heavy atom. The van der Waals surface area contributed by atoms with Gasteiger partial charge in [-0.2, -0.15) is 0 Å². The summed E-state index contributed by atoms with van der Waals surface area (Å²) in [5.74, 6) is -0.0342. The standard InChI is InChI=1S/C11H12N2O2/c1-2-12-8-10(14)13(11(12)15)9-6-4-3-5-7-9/h3-8,14H,2H2,1H3. The summed E-state index contributed by atoms with van der Waals surface area (Å²) in [5.41, 5.74) is 0.452. The lowest BCUT2D eigenvalue weighted by molar-refractivity contribution is 0.441. The first kappa shape index (κ1) is 9.58. The number of aromatic nitrogens is 2. The summed E-state index contributed by atoms with van der Waals surface area (Å²) in [6, 6.07) is 9.07. The molecule has 1 aromatic carbocycles. The lowest BCUT2D eigenvalue weighted by Gasteiger charge is -2.01. The fourth-order valence-electron chi connectivity index (χ4n) is 1.53. The summed E-state index contributed by atoms with van der Waals surface area (Å²) in [6.45, 7) is 2.41. The van der Waals surface area contributed by atoms with E-state index >= 15 is 0 Å². The molecule has 0 atom stereocenters. The van der Waals surface area contributed by atoms with Crippen molar-refractivity contribution < 1.29 is 5.11 Å². The summed E-state index contributed by atoms with van der Waals surface area (Å²) in [7, 11) is 0. The molecule has 4 heteroatoms. The topological polar surface area (TPSA) is 47.2 Å². The van der Waals surface area contributed by atoms with Crippen molar-refractivity contribution in [1.82, 2.24) is 9.13 Å². The first-order valence-corrected chi connectivity index (χ1v) is 4.80. The Balaban J connectivity index is 2.64. The maximum atomic E-state index is 11.8. The van der Waals surface area contributed by atoms with Gasteiger partial charge in [0.15, 0.2) is 0 Å². The molecule has 0 amide bonds. The van der Waals surface area contributed by atoms with Crippen LogP contribution in [0.15, 0.2) is 41.3 Å². The molecule has 0 saturated carbocycles. The van der Waals surface area contributed by atoms with E-state index in [2.05, 4.69) is 0 Å². The molecule has 0 bridgehead atoms. The summed E-state index contributed by atoms with van der Waals surface area (Å²) in [4.78, 5) is 11.8. The first-order chi connectivity index (χ1) is 7.24. The van der Waals surface area contributed by atoms with Crippen LogP contribution in [-0.4, -0.2) is 14.2 Å². The molecule has 2 aromatic rings. The second-order valence-corrected chi connectivity index (χ2v) is 3.23. The number of rotatable bonds is 2.